The molecule has 0 aliphatic heterocycles. The average molecular weight is 426 g/mol. The van der Waals surface area contributed by atoms with Crippen molar-refractivity contribution < 1.29 is 29.1 Å². The number of carboxylic acids is 1. The Morgan fingerprint density at radius 3 is 2.16 bits per heavy atom. The van der Waals surface area contributed by atoms with Crippen LogP contribution in [0.5, 0.6) is 0 Å². The number of hydrogen-bond acceptors (Lipinski definition) is 5. The van der Waals surface area contributed by atoms with Crippen LogP contribution in [0.1, 0.15) is 37.3 Å². The molecule has 2 amide bonds. The van der Waals surface area contributed by atoms with Gasteiger partial charge in [-0.15, -0.1) is 0 Å². The fourth-order valence-corrected chi connectivity index (χ4v) is 3.57. The van der Waals surface area contributed by atoms with Crippen molar-refractivity contribution in [3.63, 3.8) is 0 Å². The summed E-state index contributed by atoms with van der Waals surface area (Å²) in [4.78, 5) is 39.8. The number of carbonyl (C=O) groups excluding carboxylic acids is 2. The molecule has 0 saturated carbocycles. The molecule has 1 unspecified atom stereocenters. The van der Waals surface area contributed by atoms with Gasteiger partial charge in [0, 0.05) is 12.5 Å². The predicted molar refractivity (Wildman–Crippen MR) is 113 cm³/mol. The Balaban J connectivity index is 1.56. The monoisotopic (exact) mass is 426 g/mol. The molecule has 0 heterocycles. The van der Waals surface area contributed by atoms with E-state index in [2.05, 4.69) is 27.8 Å². The third-order valence-corrected chi connectivity index (χ3v) is 5.66. The summed E-state index contributed by atoms with van der Waals surface area (Å²) in [5, 5.41) is 11.2. The first-order valence-electron chi connectivity index (χ1n) is 10.1. The number of hydrogen-bond donors (Lipinski definition) is 3. The van der Waals surface area contributed by atoms with Crippen molar-refractivity contribution in [2.45, 2.75) is 26.2 Å². The maximum atomic E-state index is 12.3. The fraction of sp³-hybridized carbons (Fsp3) is 0.348. The minimum Gasteiger partial charge on any atom is -0.479 e. The molecule has 8 heteroatoms. The second kappa shape index (κ2) is 9.61. The van der Waals surface area contributed by atoms with Crippen LogP contribution in [0, 0.1) is 5.41 Å². The summed E-state index contributed by atoms with van der Waals surface area (Å²) in [6.45, 7) is 2.98. The molecule has 0 fully saturated rings. The van der Waals surface area contributed by atoms with Crippen molar-refractivity contribution >= 4 is 18.0 Å². The number of carboxylic acid groups (broad SMARTS) is 1. The fourth-order valence-electron chi connectivity index (χ4n) is 3.57. The van der Waals surface area contributed by atoms with Gasteiger partial charge in [0.05, 0.1) is 5.41 Å². The standard InChI is InChI=1S/C23H26N2O6/c1-3-23(2,21(28)25-31-13-20(26)27)14-24-22(29)30-12-19-17-10-6-4-8-15(17)16-9-5-7-11-18(16)19/h4-11,19H,3,12-14H2,1-2H3,(H,24,29)(H,25,28)(H,26,27). The first-order chi connectivity index (χ1) is 14.9. The summed E-state index contributed by atoms with van der Waals surface area (Å²) in [5.41, 5.74) is 5.65. The normalized spacial score (nSPS) is 14.1. The Labute approximate surface area is 180 Å². The molecule has 3 rings (SSSR count). The van der Waals surface area contributed by atoms with Crippen LogP contribution < -0.4 is 10.8 Å². The van der Waals surface area contributed by atoms with Gasteiger partial charge in [0.25, 0.3) is 5.91 Å². The Morgan fingerprint density at radius 2 is 1.61 bits per heavy atom. The lowest BCUT2D eigenvalue weighted by atomic mass is 9.87. The number of aliphatic carboxylic acids is 1. The van der Waals surface area contributed by atoms with E-state index in [1.54, 1.807) is 13.8 Å². The van der Waals surface area contributed by atoms with Gasteiger partial charge in [-0.2, -0.15) is 0 Å². The average Bonchev–Trinajstić information content (AvgIpc) is 3.09. The Kier molecular flexibility index (Phi) is 6.91. The zero-order valence-corrected chi connectivity index (χ0v) is 17.5. The Morgan fingerprint density at radius 1 is 1.03 bits per heavy atom. The van der Waals surface area contributed by atoms with Crippen LogP contribution in [0.15, 0.2) is 48.5 Å². The molecule has 0 radical (unpaired) electrons. The number of benzene rings is 2. The highest BCUT2D eigenvalue weighted by molar-refractivity contribution is 5.82. The van der Waals surface area contributed by atoms with Crippen LogP contribution in [0.3, 0.4) is 0 Å². The van der Waals surface area contributed by atoms with Crippen LogP contribution in [-0.4, -0.2) is 42.8 Å². The third-order valence-electron chi connectivity index (χ3n) is 5.66. The minimum absolute atomic E-state index is 0.0163. The number of alkyl carbamates (subject to hydrolysis) is 1. The molecule has 0 aromatic heterocycles. The van der Waals surface area contributed by atoms with Gasteiger partial charge in [-0.25, -0.2) is 15.1 Å². The van der Waals surface area contributed by atoms with Gasteiger partial charge in [-0.05, 0) is 35.6 Å². The molecule has 31 heavy (non-hydrogen) atoms. The lowest BCUT2D eigenvalue weighted by molar-refractivity contribution is -0.153. The maximum absolute atomic E-state index is 12.3. The van der Waals surface area contributed by atoms with Crippen LogP contribution in [0.25, 0.3) is 11.1 Å². The molecule has 2 aromatic carbocycles. The number of carbonyl (C=O) groups is 3. The summed E-state index contributed by atoms with van der Waals surface area (Å²) in [7, 11) is 0. The summed E-state index contributed by atoms with van der Waals surface area (Å²) >= 11 is 0. The summed E-state index contributed by atoms with van der Waals surface area (Å²) < 4.78 is 5.48. The van der Waals surface area contributed by atoms with E-state index >= 15 is 0 Å². The second-order valence-electron chi connectivity index (χ2n) is 7.71. The van der Waals surface area contributed by atoms with E-state index in [-0.39, 0.29) is 19.1 Å². The topological polar surface area (TPSA) is 114 Å². The van der Waals surface area contributed by atoms with Gasteiger partial charge in [0.15, 0.2) is 6.61 Å². The molecule has 1 atom stereocenters. The van der Waals surface area contributed by atoms with E-state index in [4.69, 9.17) is 9.84 Å². The molecular weight excluding hydrogens is 400 g/mol. The van der Waals surface area contributed by atoms with Crippen molar-refractivity contribution in [1.29, 1.82) is 0 Å². The molecule has 164 valence electrons. The van der Waals surface area contributed by atoms with E-state index in [0.717, 1.165) is 22.3 Å². The number of rotatable bonds is 9. The van der Waals surface area contributed by atoms with E-state index in [1.165, 1.54) is 0 Å². The molecule has 8 nitrogen and oxygen atoms in total. The smallest absolute Gasteiger partial charge is 0.407 e. The van der Waals surface area contributed by atoms with E-state index < -0.39 is 30.0 Å². The van der Waals surface area contributed by atoms with Crippen molar-refractivity contribution in [1.82, 2.24) is 10.8 Å². The predicted octanol–water partition coefficient (Wildman–Crippen LogP) is 3.07. The van der Waals surface area contributed by atoms with Gasteiger partial charge in [-0.1, -0.05) is 55.5 Å². The molecule has 0 saturated heterocycles. The van der Waals surface area contributed by atoms with Crippen LogP contribution in [0.4, 0.5) is 4.79 Å². The molecule has 1 aliphatic carbocycles. The highest BCUT2D eigenvalue weighted by Gasteiger charge is 2.33. The van der Waals surface area contributed by atoms with Gasteiger partial charge in [0.2, 0.25) is 0 Å². The van der Waals surface area contributed by atoms with Gasteiger partial charge in [0.1, 0.15) is 6.61 Å². The van der Waals surface area contributed by atoms with Crippen LogP contribution in [-0.2, 0) is 19.2 Å². The Hall–Kier alpha value is -3.39. The Bertz CT molecular complexity index is 931. The first kappa shape index (κ1) is 22.3. The van der Waals surface area contributed by atoms with Crippen LogP contribution >= 0.6 is 0 Å². The molecular formula is C23H26N2O6. The van der Waals surface area contributed by atoms with Crippen molar-refractivity contribution in [3.8, 4) is 11.1 Å². The largest absolute Gasteiger partial charge is 0.479 e. The first-order valence-corrected chi connectivity index (χ1v) is 10.1. The molecule has 2 aromatic rings. The van der Waals surface area contributed by atoms with Crippen molar-refractivity contribution in [2.75, 3.05) is 19.8 Å². The third kappa shape index (κ3) is 5.03. The maximum Gasteiger partial charge on any atom is 0.407 e. The summed E-state index contributed by atoms with van der Waals surface area (Å²) in [5.74, 6) is -1.77. The molecule has 0 bridgehead atoms. The number of ether oxygens (including phenoxy) is 1. The van der Waals surface area contributed by atoms with Crippen molar-refractivity contribution in [3.05, 3.63) is 59.7 Å². The lowest BCUT2D eigenvalue weighted by Gasteiger charge is -2.26. The molecule has 0 spiro atoms. The number of fused-ring (bicyclic) bond motifs is 3. The van der Waals surface area contributed by atoms with E-state index in [1.807, 2.05) is 36.4 Å². The zero-order chi connectivity index (χ0) is 22.4. The quantitative estimate of drug-likeness (QED) is 0.531. The number of hydroxylamine groups is 1. The lowest BCUT2D eigenvalue weighted by Crippen LogP contribution is -2.46. The second-order valence-corrected chi connectivity index (χ2v) is 7.71. The number of amides is 2. The minimum atomic E-state index is -1.20. The zero-order valence-electron chi connectivity index (χ0n) is 17.5. The van der Waals surface area contributed by atoms with Crippen LogP contribution in [0.2, 0.25) is 0 Å². The van der Waals surface area contributed by atoms with Gasteiger partial charge < -0.3 is 15.2 Å². The highest BCUT2D eigenvalue weighted by Crippen LogP contribution is 2.44. The highest BCUT2D eigenvalue weighted by atomic mass is 16.7. The van der Waals surface area contributed by atoms with E-state index in [9.17, 15) is 14.4 Å². The van der Waals surface area contributed by atoms with Gasteiger partial charge >= 0.3 is 12.1 Å². The van der Waals surface area contributed by atoms with E-state index in [0.29, 0.717) is 6.42 Å². The molecule has 1 aliphatic rings. The summed E-state index contributed by atoms with van der Waals surface area (Å²) in [6, 6.07) is 16.1. The SMILES string of the molecule is CCC(C)(CNC(=O)OCC1c2ccccc2-c2ccccc21)C(=O)NOCC(=O)O. The van der Waals surface area contributed by atoms with Gasteiger partial charge in [-0.3, -0.25) is 9.63 Å². The molecule has 3 N–H and O–H groups in total. The summed E-state index contributed by atoms with van der Waals surface area (Å²) in [6.07, 6.45) is -0.223. The van der Waals surface area contributed by atoms with Crippen molar-refractivity contribution in [2.24, 2.45) is 5.41 Å². The number of nitrogens with one attached hydrogen (secondary N) is 2.